The van der Waals surface area contributed by atoms with Gasteiger partial charge < -0.3 is 28.3 Å². The van der Waals surface area contributed by atoms with Crippen molar-refractivity contribution in [2.75, 3.05) is 26.4 Å². The van der Waals surface area contributed by atoms with E-state index in [0.717, 1.165) is 0 Å². The average Bonchev–Trinajstić information content (AvgIpc) is 2.90. The number of benzene rings is 2. The molecule has 0 aromatic heterocycles. The number of hydrogen-bond acceptors (Lipinski definition) is 8. The maximum Gasteiger partial charge on any atom is 0.339 e. The van der Waals surface area contributed by atoms with Gasteiger partial charge in [-0.05, 0) is 82.7 Å². The van der Waals surface area contributed by atoms with Crippen LogP contribution in [-0.4, -0.2) is 36.6 Å². The molecular weight excluding hydrogens is 646 g/mol. The lowest BCUT2D eigenvalue weighted by Gasteiger charge is -2.39. The van der Waals surface area contributed by atoms with E-state index in [1.54, 1.807) is 27.7 Å². The number of phenols is 2. The van der Waals surface area contributed by atoms with Gasteiger partial charge in [-0.3, -0.25) is 9.13 Å². The molecule has 8 nitrogen and oxygen atoms in total. The van der Waals surface area contributed by atoms with Gasteiger partial charge in [0.1, 0.15) is 22.8 Å². The maximum atomic E-state index is 15.4. The van der Waals surface area contributed by atoms with Crippen molar-refractivity contribution in [1.29, 1.82) is 0 Å². The lowest BCUT2D eigenvalue weighted by molar-refractivity contribution is 0.194. The Kier molecular flexibility index (Phi) is 13.5. The molecule has 0 aliphatic rings. The number of phenolic OH excluding ortho intramolecular Hbond substituents is 2. The molecule has 0 aliphatic carbocycles. The minimum Gasteiger partial charge on any atom is -0.507 e. The topological polar surface area (TPSA) is 112 Å². The highest BCUT2D eigenvalue weighted by atomic mass is 31.2. The first-order valence-corrected chi connectivity index (χ1v) is 20.5. The van der Waals surface area contributed by atoms with E-state index in [0.29, 0.717) is 33.4 Å². The van der Waals surface area contributed by atoms with Crippen LogP contribution < -0.4 is 0 Å². The molecule has 2 atom stereocenters. The molecule has 0 heterocycles. The molecule has 0 fully saturated rings. The zero-order valence-electron chi connectivity index (χ0n) is 32.5. The monoisotopic (exact) mass is 710 g/mol. The highest BCUT2D eigenvalue weighted by Crippen LogP contribution is 2.77. The molecule has 0 radical (unpaired) electrons. The quantitative estimate of drug-likeness (QED) is 0.198. The van der Waals surface area contributed by atoms with Crippen molar-refractivity contribution in [3.05, 3.63) is 57.6 Å². The number of rotatable bonds is 13. The van der Waals surface area contributed by atoms with E-state index in [9.17, 15) is 10.2 Å². The lowest BCUT2D eigenvalue weighted by atomic mass is 9.77. The standard InChI is InChI=1S/C38H64O8P2/c1-17-43-47(41,44-18-2)33(25-21-27(35(5,6)7)31(39)28(22-25)36(8,9)10)34(48(42,45-19-3)46-20-4)26-23-29(37(11,12)13)32(40)30(24-26)38(14,15)16/h21-24,33-34,39-40H,17-20H2,1-16H3/t33-,34-/m1/s1. The Balaban J connectivity index is 3.45. The summed E-state index contributed by atoms with van der Waals surface area (Å²) in [6, 6.07) is 7.35. The summed E-state index contributed by atoms with van der Waals surface area (Å²) < 4.78 is 55.4. The molecule has 2 N–H and O–H groups in total. The van der Waals surface area contributed by atoms with E-state index in [1.165, 1.54) is 0 Å². The van der Waals surface area contributed by atoms with Crippen molar-refractivity contribution in [2.45, 2.75) is 144 Å². The summed E-state index contributed by atoms with van der Waals surface area (Å²) in [4.78, 5) is 0. The van der Waals surface area contributed by atoms with E-state index in [2.05, 4.69) is 0 Å². The first-order chi connectivity index (χ1) is 21.7. The highest BCUT2D eigenvalue weighted by molar-refractivity contribution is 7.58. The molecule has 274 valence electrons. The number of aromatic hydroxyl groups is 2. The first kappa shape index (κ1) is 42.5. The van der Waals surface area contributed by atoms with E-state index < -0.39 is 48.2 Å². The molecule has 0 aliphatic heterocycles. The molecule has 10 heteroatoms. The summed E-state index contributed by atoms with van der Waals surface area (Å²) in [5.74, 6) is 0.313. The largest absolute Gasteiger partial charge is 0.507 e. The van der Waals surface area contributed by atoms with Gasteiger partial charge in [0.15, 0.2) is 0 Å². The molecule has 0 saturated heterocycles. The van der Waals surface area contributed by atoms with Crippen molar-refractivity contribution in [3.8, 4) is 11.5 Å². The van der Waals surface area contributed by atoms with Gasteiger partial charge in [-0.25, -0.2) is 0 Å². The van der Waals surface area contributed by atoms with Crippen LogP contribution in [0.4, 0.5) is 0 Å². The third-order valence-electron chi connectivity index (χ3n) is 8.40. The summed E-state index contributed by atoms with van der Waals surface area (Å²) in [5, 5.41) is 23.4. The van der Waals surface area contributed by atoms with Crippen LogP contribution in [0.15, 0.2) is 24.3 Å². The molecule has 0 unspecified atom stereocenters. The second-order valence-electron chi connectivity index (χ2n) is 16.6. The zero-order chi connectivity index (χ0) is 37.3. The van der Waals surface area contributed by atoms with Crippen molar-refractivity contribution >= 4 is 15.2 Å². The SMILES string of the molecule is CCOP(=O)(OCC)[C@H](c1cc(C(C)(C)C)c(O)c(C(C)(C)C)c1)[C@@H](c1cc(C(C)(C)C)c(O)c(C(C)(C)C)c1)P(=O)(OCC)OCC. The van der Waals surface area contributed by atoms with Gasteiger partial charge in [-0.1, -0.05) is 107 Å². The van der Waals surface area contributed by atoms with Crippen LogP contribution in [0.2, 0.25) is 0 Å². The van der Waals surface area contributed by atoms with Crippen LogP contribution in [0.25, 0.3) is 0 Å². The second-order valence-corrected chi connectivity index (χ2v) is 20.9. The molecule has 2 rings (SSSR count). The second kappa shape index (κ2) is 15.3. The van der Waals surface area contributed by atoms with Crippen LogP contribution >= 0.6 is 15.2 Å². The molecule has 0 saturated carbocycles. The Morgan fingerprint density at radius 3 is 0.812 bits per heavy atom. The van der Waals surface area contributed by atoms with E-state index in [1.807, 2.05) is 107 Å². The van der Waals surface area contributed by atoms with Crippen LogP contribution in [0.3, 0.4) is 0 Å². The molecule has 2 aromatic rings. The van der Waals surface area contributed by atoms with E-state index >= 15 is 9.13 Å². The minimum atomic E-state index is -4.18. The van der Waals surface area contributed by atoms with Gasteiger partial charge in [-0.15, -0.1) is 0 Å². The van der Waals surface area contributed by atoms with E-state index in [-0.39, 0.29) is 37.9 Å². The van der Waals surface area contributed by atoms with Gasteiger partial charge in [0.25, 0.3) is 0 Å². The highest BCUT2D eigenvalue weighted by Gasteiger charge is 2.53. The minimum absolute atomic E-state index is 0.0699. The third kappa shape index (κ3) is 9.36. The lowest BCUT2D eigenvalue weighted by Crippen LogP contribution is -2.23. The Labute approximate surface area is 291 Å². The van der Waals surface area contributed by atoms with Crippen molar-refractivity contribution in [2.24, 2.45) is 0 Å². The summed E-state index contributed by atoms with van der Waals surface area (Å²) in [7, 11) is -8.35. The average molecular weight is 711 g/mol. The third-order valence-corrected chi connectivity index (χ3v) is 13.7. The fraction of sp³-hybridized carbons (Fsp3) is 0.684. The summed E-state index contributed by atoms with van der Waals surface area (Å²) in [6.07, 6.45) is 0. The zero-order valence-corrected chi connectivity index (χ0v) is 34.3. The predicted molar refractivity (Wildman–Crippen MR) is 198 cm³/mol. The van der Waals surface area contributed by atoms with Crippen LogP contribution in [-0.2, 0) is 48.9 Å². The molecule has 0 amide bonds. The summed E-state index contributed by atoms with van der Waals surface area (Å²) >= 11 is 0. The van der Waals surface area contributed by atoms with Gasteiger partial charge in [0, 0.05) is 0 Å². The fourth-order valence-corrected chi connectivity index (χ4v) is 11.4. The Bertz CT molecular complexity index is 1300. The van der Waals surface area contributed by atoms with Gasteiger partial charge >= 0.3 is 15.2 Å². The fourth-order valence-electron chi connectivity index (χ4n) is 6.13. The van der Waals surface area contributed by atoms with Crippen LogP contribution in [0, 0.1) is 0 Å². The van der Waals surface area contributed by atoms with Crippen LogP contribution in [0.1, 0.15) is 155 Å². The first-order valence-electron chi connectivity index (χ1n) is 17.3. The van der Waals surface area contributed by atoms with Gasteiger partial charge in [0.05, 0.1) is 26.4 Å². The Morgan fingerprint density at radius 2 is 0.667 bits per heavy atom. The number of hydrogen-bond donors (Lipinski definition) is 2. The molecule has 48 heavy (non-hydrogen) atoms. The van der Waals surface area contributed by atoms with Gasteiger partial charge in [0.2, 0.25) is 0 Å². The molecular formula is C38H64O8P2. The Hall–Kier alpha value is -1.66. The van der Waals surface area contributed by atoms with E-state index in [4.69, 9.17) is 18.1 Å². The predicted octanol–water partition coefficient (Wildman–Crippen LogP) is 11.6. The molecule has 0 spiro atoms. The van der Waals surface area contributed by atoms with Crippen molar-refractivity contribution in [1.82, 2.24) is 0 Å². The normalized spacial score (nSPS) is 15.1. The summed E-state index contributed by atoms with van der Waals surface area (Å²) in [5.41, 5.74) is -0.780. The van der Waals surface area contributed by atoms with Crippen LogP contribution in [0.5, 0.6) is 11.5 Å². The summed E-state index contributed by atoms with van der Waals surface area (Å²) in [6.45, 7) is 31.3. The molecule has 2 aromatic carbocycles. The van der Waals surface area contributed by atoms with Crippen molar-refractivity contribution in [3.63, 3.8) is 0 Å². The smallest absolute Gasteiger partial charge is 0.339 e. The molecule has 0 bridgehead atoms. The maximum absolute atomic E-state index is 15.4. The van der Waals surface area contributed by atoms with Crippen molar-refractivity contribution < 1.29 is 37.4 Å². The Morgan fingerprint density at radius 1 is 0.479 bits per heavy atom. The van der Waals surface area contributed by atoms with Gasteiger partial charge in [-0.2, -0.15) is 0 Å².